The summed E-state index contributed by atoms with van der Waals surface area (Å²) >= 11 is 0. The molecule has 1 aliphatic rings. The smallest absolute Gasteiger partial charge is 0.338 e. The van der Waals surface area contributed by atoms with E-state index in [1.165, 1.54) is 10.4 Å². The number of rotatable bonds is 4. The summed E-state index contributed by atoms with van der Waals surface area (Å²) in [6, 6.07) is 2.99. The molecule has 1 heterocycles. The normalized spacial score (nSPS) is 20.2. The van der Waals surface area contributed by atoms with Crippen molar-refractivity contribution in [3.8, 4) is 0 Å². The lowest BCUT2D eigenvalue weighted by Gasteiger charge is -2.32. The molecule has 0 aromatic heterocycles. The molecule has 1 unspecified atom stereocenters. The number of carboxylic acids is 1. The first-order valence-corrected chi connectivity index (χ1v) is 8.07. The van der Waals surface area contributed by atoms with Crippen molar-refractivity contribution in [3.63, 3.8) is 0 Å². The molecule has 1 aromatic carbocycles. The van der Waals surface area contributed by atoms with Crippen molar-refractivity contribution in [1.82, 2.24) is 4.31 Å². The first-order chi connectivity index (χ1) is 9.81. The Morgan fingerprint density at radius 3 is 2.76 bits per heavy atom. The van der Waals surface area contributed by atoms with E-state index in [9.17, 15) is 17.6 Å². The lowest BCUT2D eigenvalue weighted by molar-refractivity contribution is 0.0692. The number of nitrogens with zero attached hydrogens (tertiary/aromatic N) is 1. The number of piperidine rings is 1. The highest BCUT2D eigenvalue weighted by atomic mass is 32.2. The Hall–Kier alpha value is -1.67. The molecule has 8 heteroatoms. The highest BCUT2D eigenvalue weighted by Gasteiger charge is 2.29. The fraction of sp³-hybridized carbons (Fsp3) is 0.462. The molecule has 0 aliphatic carbocycles. The second-order valence-corrected chi connectivity index (χ2v) is 6.69. The van der Waals surface area contributed by atoms with Crippen LogP contribution in [0.3, 0.4) is 0 Å². The largest absolute Gasteiger partial charge is 0.478 e. The van der Waals surface area contributed by atoms with E-state index in [-0.39, 0.29) is 11.7 Å². The Kier molecular flexibility index (Phi) is 4.48. The maximum atomic E-state index is 13.3. The quantitative estimate of drug-likeness (QED) is 0.890. The van der Waals surface area contributed by atoms with Gasteiger partial charge < -0.3 is 5.11 Å². The van der Waals surface area contributed by atoms with Crippen molar-refractivity contribution >= 4 is 21.9 Å². The lowest BCUT2D eigenvalue weighted by atomic mass is 10.1. The van der Waals surface area contributed by atoms with Crippen molar-refractivity contribution < 1.29 is 22.7 Å². The molecule has 0 amide bonds. The van der Waals surface area contributed by atoms with Crippen LogP contribution in [0.2, 0.25) is 0 Å². The van der Waals surface area contributed by atoms with Gasteiger partial charge in [0.1, 0.15) is 5.82 Å². The van der Waals surface area contributed by atoms with Gasteiger partial charge in [-0.15, -0.1) is 0 Å². The molecule has 0 radical (unpaired) electrons. The molecule has 1 fully saturated rings. The minimum absolute atomic E-state index is 0.0339. The zero-order chi connectivity index (χ0) is 15.6. The van der Waals surface area contributed by atoms with Gasteiger partial charge in [0.15, 0.2) is 0 Å². The predicted octanol–water partition coefficient (Wildman–Crippen LogP) is 2.05. The zero-order valence-corrected chi connectivity index (χ0v) is 12.4. The zero-order valence-electron chi connectivity index (χ0n) is 11.5. The Morgan fingerprint density at radius 1 is 1.43 bits per heavy atom. The highest BCUT2D eigenvalue weighted by Crippen LogP contribution is 2.22. The molecule has 6 nitrogen and oxygen atoms in total. The van der Waals surface area contributed by atoms with Crippen LogP contribution in [-0.4, -0.2) is 36.4 Å². The van der Waals surface area contributed by atoms with Crippen molar-refractivity contribution in [2.75, 3.05) is 11.3 Å². The van der Waals surface area contributed by atoms with Gasteiger partial charge in [0, 0.05) is 12.6 Å². The maximum Gasteiger partial charge on any atom is 0.338 e. The first-order valence-electron chi connectivity index (χ1n) is 6.63. The fourth-order valence-electron chi connectivity index (χ4n) is 2.39. The van der Waals surface area contributed by atoms with Crippen LogP contribution < -0.4 is 4.72 Å². The monoisotopic (exact) mass is 316 g/mol. The summed E-state index contributed by atoms with van der Waals surface area (Å²) in [5, 5.41) is 8.85. The third-order valence-electron chi connectivity index (χ3n) is 3.49. The van der Waals surface area contributed by atoms with E-state index in [0.29, 0.717) is 6.54 Å². The summed E-state index contributed by atoms with van der Waals surface area (Å²) in [5.41, 5.74) is -0.534. The standard InChI is InChI=1S/C13H17FN2O4S/c1-9-4-2-3-7-16(9)21(19,20)15-10-5-6-12(14)11(8-10)13(17)18/h5-6,8-9,15H,2-4,7H2,1H3,(H,17,18). The van der Waals surface area contributed by atoms with Gasteiger partial charge in [0.2, 0.25) is 0 Å². The molecule has 0 bridgehead atoms. The fourth-order valence-corrected chi connectivity index (χ4v) is 3.88. The van der Waals surface area contributed by atoms with E-state index in [4.69, 9.17) is 5.11 Å². The lowest BCUT2D eigenvalue weighted by Crippen LogP contribution is -2.44. The van der Waals surface area contributed by atoms with Gasteiger partial charge in [-0.1, -0.05) is 6.42 Å². The van der Waals surface area contributed by atoms with E-state index >= 15 is 0 Å². The Morgan fingerprint density at radius 2 is 2.14 bits per heavy atom. The van der Waals surface area contributed by atoms with Crippen LogP contribution in [0.1, 0.15) is 36.5 Å². The van der Waals surface area contributed by atoms with Crippen LogP contribution in [0.15, 0.2) is 18.2 Å². The molecule has 0 saturated carbocycles. The van der Waals surface area contributed by atoms with Gasteiger partial charge in [-0.05, 0) is 38.0 Å². The van der Waals surface area contributed by atoms with Gasteiger partial charge in [-0.3, -0.25) is 4.72 Å². The van der Waals surface area contributed by atoms with Crippen LogP contribution in [0.25, 0.3) is 0 Å². The molecule has 1 saturated heterocycles. The van der Waals surface area contributed by atoms with Crippen LogP contribution >= 0.6 is 0 Å². The molecular weight excluding hydrogens is 299 g/mol. The SMILES string of the molecule is CC1CCCCN1S(=O)(=O)Nc1ccc(F)c(C(=O)O)c1. The minimum atomic E-state index is -3.77. The third-order valence-corrected chi connectivity index (χ3v) is 5.15. The number of aromatic carboxylic acids is 1. The number of halogens is 1. The average Bonchev–Trinajstić information content (AvgIpc) is 2.40. The average molecular weight is 316 g/mol. The van der Waals surface area contributed by atoms with Gasteiger partial charge in [-0.2, -0.15) is 12.7 Å². The highest BCUT2D eigenvalue weighted by molar-refractivity contribution is 7.90. The van der Waals surface area contributed by atoms with Gasteiger partial charge >= 0.3 is 16.2 Å². The second kappa shape index (κ2) is 5.98. The molecule has 1 atom stereocenters. The molecular formula is C13H17FN2O4S. The van der Waals surface area contributed by atoms with Crippen LogP contribution in [0, 0.1) is 5.82 Å². The number of carbonyl (C=O) groups is 1. The van der Waals surface area contributed by atoms with E-state index < -0.39 is 27.6 Å². The van der Waals surface area contributed by atoms with Crippen LogP contribution in [0.5, 0.6) is 0 Å². The van der Waals surface area contributed by atoms with Crippen molar-refractivity contribution in [2.24, 2.45) is 0 Å². The summed E-state index contributed by atoms with van der Waals surface area (Å²) < 4.78 is 41.6. The summed E-state index contributed by atoms with van der Waals surface area (Å²) in [7, 11) is -3.77. The number of hydrogen-bond acceptors (Lipinski definition) is 3. The molecule has 116 valence electrons. The Labute approximate surface area is 122 Å². The molecule has 2 rings (SSSR count). The topological polar surface area (TPSA) is 86.7 Å². The third kappa shape index (κ3) is 3.51. The Balaban J connectivity index is 2.24. The van der Waals surface area contributed by atoms with E-state index in [2.05, 4.69) is 4.72 Å². The summed E-state index contributed by atoms with van der Waals surface area (Å²) in [6.45, 7) is 2.25. The van der Waals surface area contributed by atoms with E-state index in [1.54, 1.807) is 0 Å². The van der Waals surface area contributed by atoms with E-state index in [1.807, 2.05) is 6.92 Å². The number of benzene rings is 1. The van der Waals surface area contributed by atoms with Crippen molar-refractivity contribution in [3.05, 3.63) is 29.6 Å². The summed E-state index contributed by atoms with van der Waals surface area (Å²) in [4.78, 5) is 10.9. The summed E-state index contributed by atoms with van der Waals surface area (Å²) in [5.74, 6) is -2.35. The molecule has 2 N–H and O–H groups in total. The summed E-state index contributed by atoms with van der Waals surface area (Å²) in [6.07, 6.45) is 2.55. The molecule has 0 spiro atoms. The molecule has 1 aromatic rings. The van der Waals surface area contributed by atoms with E-state index in [0.717, 1.165) is 31.4 Å². The van der Waals surface area contributed by atoms with Gasteiger partial charge in [0.25, 0.3) is 0 Å². The predicted molar refractivity (Wildman–Crippen MR) is 75.9 cm³/mol. The number of carboxylic acid groups (broad SMARTS) is 1. The van der Waals surface area contributed by atoms with Gasteiger partial charge in [-0.25, -0.2) is 9.18 Å². The Bertz CT molecular complexity index is 648. The molecule has 1 aliphatic heterocycles. The van der Waals surface area contributed by atoms with Crippen LogP contribution in [-0.2, 0) is 10.2 Å². The van der Waals surface area contributed by atoms with Crippen molar-refractivity contribution in [1.29, 1.82) is 0 Å². The number of hydrogen-bond donors (Lipinski definition) is 2. The first kappa shape index (κ1) is 15.7. The second-order valence-electron chi connectivity index (χ2n) is 5.06. The maximum absolute atomic E-state index is 13.3. The van der Waals surface area contributed by atoms with Crippen molar-refractivity contribution in [2.45, 2.75) is 32.2 Å². The molecule has 21 heavy (non-hydrogen) atoms. The van der Waals surface area contributed by atoms with Crippen LogP contribution in [0.4, 0.5) is 10.1 Å². The number of anilines is 1. The number of nitrogens with one attached hydrogen (secondary N) is 1. The minimum Gasteiger partial charge on any atom is -0.478 e. The van der Waals surface area contributed by atoms with Gasteiger partial charge in [0.05, 0.1) is 11.3 Å².